The minimum atomic E-state index is -5.11. The zero-order valence-electron chi connectivity index (χ0n) is 20.6. The van der Waals surface area contributed by atoms with Gasteiger partial charge in [0.05, 0.1) is 29.3 Å². The van der Waals surface area contributed by atoms with E-state index in [1.54, 1.807) is 18.2 Å². The molecule has 214 valence electrons. The van der Waals surface area contributed by atoms with E-state index in [2.05, 4.69) is 22.6 Å². The summed E-state index contributed by atoms with van der Waals surface area (Å²) in [7, 11) is 0. The monoisotopic (exact) mass is 687 g/mol. The van der Waals surface area contributed by atoms with Crippen LogP contribution in [0.3, 0.4) is 0 Å². The molecule has 0 radical (unpaired) electrons. The van der Waals surface area contributed by atoms with Gasteiger partial charge in [0, 0.05) is 3.57 Å². The van der Waals surface area contributed by atoms with Crippen LogP contribution in [0.4, 0.5) is 44.3 Å². The predicted molar refractivity (Wildman–Crippen MR) is 135 cm³/mol. The van der Waals surface area contributed by atoms with Gasteiger partial charge < -0.3 is 4.74 Å². The van der Waals surface area contributed by atoms with E-state index in [4.69, 9.17) is 4.74 Å². The fraction of sp³-hybridized carbons (Fsp3) is 0.296. The second kappa shape index (κ2) is 10.5. The maximum absolute atomic E-state index is 13.5. The van der Waals surface area contributed by atoms with Gasteiger partial charge >= 0.3 is 24.6 Å². The van der Waals surface area contributed by atoms with Crippen molar-refractivity contribution >= 4 is 28.7 Å². The lowest BCUT2D eigenvalue weighted by Crippen LogP contribution is -2.32. The van der Waals surface area contributed by atoms with Crippen LogP contribution in [0.2, 0.25) is 0 Å². The maximum Gasteiger partial charge on any atom is 0.416 e. The molecule has 0 unspecified atom stereocenters. The highest BCUT2D eigenvalue weighted by Gasteiger charge is 2.43. The van der Waals surface area contributed by atoms with Crippen molar-refractivity contribution in [2.45, 2.75) is 51.1 Å². The Hall–Kier alpha value is -2.97. The number of halogens is 10. The topological polar surface area (TPSA) is 29.5 Å². The molecule has 1 aliphatic rings. The Morgan fingerprint density at radius 2 is 1.38 bits per heavy atom. The third kappa shape index (κ3) is 6.18. The molecule has 0 spiro atoms. The van der Waals surface area contributed by atoms with E-state index < -0.39 is 65.6 Å². The summed E-state index contributed by atoms with van der Waals surface area (Å²) in [5.41, 5.74) is -2.76. The normalized spacial score (nSPS) is 18.3. The average molecular weight is 687 g/mol. The van der Waals surface area contributed by atoms with E-state index >= 15 is 0 Å². The molecule has 0 aromatic heterocycles. The van der Waals surface area contributed by atoms with Gasteiger partial charge in [0.1, 0.15) is 6.10 Å². The first-order valence-corrected chi connectivity index (χ1v) is 12.7. The number of carbonyl (C=O) groups excluding carboxylic acids is 1. The molecular weight excluding hydrogens is 668 g/mol. The predicted octanol–water partition coefficient (Wildman–Crippen LogP) is 9.41. The van der Waals surface area contributed by atoms with Crippen molar-refractivity contribution in [3.05, 3.63) is 91.5 Å². The van der Waals surface area contributed by atoms with Gasteiger partial charge in [-0.25, -0.2) is 4.79 Å². The Morgan fingerprint density at radius 1 is 0.800 bits per heavy atom. The molecule has 0 bridgehead atoms. The maximum atomic E-state index is 13.5. The molecule has 3 aromatic carbocycles. The van der Waals surface area contributed by atoms with Gasteiger partial charge in [0.15, 0.2) is 0 Å². The number of aryl methyl sites for hydroxylation is 1. The number of amides is 1. The number of carbonyl (C=O) groups is 1. The van der Waals surface area contributed by atoms with Crippen molar-refractivity contribution in [2.75, 3.05) is 0 Å². The SMILES string of the molecule is Cc1ccc(-c2ccc(C(F)(F)F)cc2CN2C(=O)O[C@H](c3cc(C(F)(F)F)cc(C(F)(F)F)c3)[C@@H]2C)cc1I. The van der Waals surface area contributed by atoms with Crippen molar-refractivity contribution in [1.82, 2.24) is 4.90 Å². The molecule has 4 rings (SSSR count). The molecule has 3 aromatic rings. The Bertz CT molecular complexity index is 1420. The van der Waals surface area contributed by atoms with Crippen molar-refractivity contribution in [2.24, 2.45) is 0 Å². The zero-order chi connectivity index (χ0) is 29.8. The van der Waals surface area contributed by atoms with E-state index in [0.29, 0.717) is 23.3 Å². The van der Waals surface area contributed by atoms with Crippen LogP contribution in [0, 0.1) is 10.5 Å². The number of nitrogens with zero attached hydrogens (tertiary/aromatic N) is 1. The highest BCUT2D eigenvalue weighted by atomic mass is 127. The number of hydrogen-bond donors (Lipinski definition) is 0. The van der Waals surface area contributed by atoms with Gasteiger partial charge in [-0.2, -0.15) is 39.5 Å². The number of ether oxygens (including phenoxy) is 1. The van der Waals surface area contributed by atoms with Crippen LogP contribution in [-0.4, -0.2) is 17.0 Å². The molecular formula is C27H19F9INO2. The molecule has 1 fully saturated rings. The number of hydrogen-bond acceptors (Lipinski definition) is 2. The first kappa shape index (κ1) is 30.0. The van der Waals surface area contributed by atoms with Crippen LogP contribution in [0.1, 0.15) is 46.4 Å². The molecule has 1 heterocycles. The van der Waals surface area contributed by atoms with E-state index in [1.807, 2.05) is 6.92 Å². The Kier molecular flexibility index (Phi) is 7.84. The van der Waals surface area contributed by atoms with Crippen LogP contribution in [0.5, 0.6) is 0 Å². The molecule has 1 aliphatic heterocycles. The van der Waals surface area contributed by atoms with Gasteiger partial charge in [-0.05, 0) is 101 Å². The van der Waals surface area contributed by atoms with Crippen LogP contribution in [0.15, 0.2) is 54.6 Å². The summed E-state index contributed by atoms with van der Waals surface area (Å²) >= 11 is 2.07. The lowest BCUT2D eigenvalue weighted by atomic mass is 9.95. The first-order chi connectivity index (χ1) is 18.4. The van der Waals surface area contributed by atoms with Crippen LogP contribution in [-0.2, 0) is 29.8 Å². The minimum Gasteiger partial charge on any atom is -0.439 e. The number of alkyl halides is 9. The van der Waals surface area contributed by atoms with Gasteiger partial charge in [-0.3, -0.25) is 4.90 Å². The van der Waals surface area contributed by atoms with Crippen molar-refractivity contribution in [1.29, 1.82) is 0 Å². The van der Waals surface area contributed by atoms with Gasteiger partial charge in [-0.15, -0.1) is 0 Å². The fourth-order valence-corrected chi connectivity index (χ4v) is 4.94. The molecule has 3 nitrogen and oxygen atoms in total. The summed E-state index contributed by atoms with van der Waals surface area (Å²) in [6, 6.07) is 8.00. The van der Waals surface area contributed by atoms with Gasteiger partial charge in [0.2, 0.25) is 0 Å². The Balaban J connectivity index is 1.75. The molecule has 0 N–H and O–H groups in total. The largest absolute Gasteiger partial charge is 0.439 e. The van der Waals surface area contributed by atoms with Gasteiger partial charge in [0.25, 0.3) is 0 Å². The van der Waals surface area contributed by atoms with Crippen molar-refractivity contribution < 1.29 is 49.0 Å². The number of rotatable bonds is 4. The molecule has 0 saturated carbocycles. The quantitative estimate of drug-likeness (QED) is 0.202. The smallest absolute Gasteiger partial charge is 0.416 e. The summed E-state index contributed by atoms with van der Waals surface area (Å²) in [4.78, 5) is 13.8. The zero-order valence-corrected chi connectivity index (χ0v) is 22.8. The summed E-state index contributed by atoms with van der Waals surface area (Å²) in [6.45, 7) is 2.75. The van der Waals surface area contributed by atoms with E-state index in [1.165, 1.54) is 13.0 Å². The number of cyclic esters (lactones) is 1. The minimum absolute atomic E-state index is 0.0411. The second-order valence-electron chi connectivity index (χ2n) is 9.35. The molecule has 0 aliphatic carbocycles. The first-order valence-electron chi connectivity index (χ1n) is 11.6. The van der Waals surface area contributed by atoms with Crippen LogP contribution in [0.25, 0.3) is 11.1 Å². The van der Waals surface area contributed by atoms with Crippen LogP contribution >= 0.6 is 22.6 Å². The Morgan fingerprint density at radius 3 is 1.90 bits per heavy atom. The van der Waals surface area contributed by atoms with Crippen molar-refractivity contribution in [3.8, 4) is 11.1 Å². The highest BCUT2D eigenvalue weighted by molar-refractivity contribution is 14.1. The summed E-state index contributed by atoms with van der Waals surface area (Å²) in [5, 5.41) is 0. The van der Waals surface area contributed by atoms with Crippen LogP contribution < -0.4 is 0 Å². The summed E-state index contributed by atoms with van der Waals surface area (Å²) in [5.74, 6) is 0. The molecule has 40 heavy (non-hydrogen) atoms. The van der Waals surface area contributed by atoms with E-state index in [-0.39, 0.29) is 11.6 Å². The lowest BCUT2D eigenvalue weighted by molar-refractivity contribution is -0.143. The average Bonchev–Trinajstić information content (AvgIpc) is 3.12. The number of benzene rings is 3. The molecule has 1 saturated heterocycles. The highest BCUT2D eigenvalue weighted by Crippen LogP contribution is 2.42. The van der Waals surface area contributed by atoms with Crippen molar-refractivity contribution in [3.63, 3.8) is 0 Å². The summed E-state index contributed by atoms with van der Waals surface area (Å²) in [6.07, 6.45) is -17.6. The van der Waals surface area contributed by atoms with E-state index in [0.717, 1.165) is 26.2 Å². The molecule has 2 atom stereocenters. The van der Waals surface area contributed by atoms with Gasteiger partial charge in [-0.1, -0.05) is 18.2 Å². The fourth-order valence-electron chi connectivity index (χ4n) is 4.43. The standard InChI is InChI=1S/C27H19F9INO2/c1-13-3-4-15(10-22(13)37)21-6-5-18(25(28,29)30)9-17(21)12-38-14(2)23(40-24(38)39)16-7-19(26(31,32)33)11-20(8-16)27(34,35)36/h3-11,14,23H,12H2,1-2H3/t14-,23-/m0/s1. The second-order valence-corrected chi connectivity index (χ2v) is 10.5. The molecule has 1 amide bonds. The third-order valence-electron chi connectivity index (χ3n) is 6.59. The third-order valence-corrected chi connectivity index (χ3v) is 7.75. The van der Waals surface area contributed by atoms with E-state index in [9.17, 15) is 44.3 Å². The molecule has 13 heteroatoms. The summed E-state index contributed by atoms with van der Waals surface area (Å²) < 4.78 is 127. The lowest BCUT2D eigenvalue weighted by Gasteiger charge is -2.24. The Labute approximate surface area is 236 Å².